The number of allylic oxidation sites excluding steroid dienone is 8. The summed E-state index contributed by atoms with van der Waals surface area (Å²) >= 11 is 0. The molecule has 2 aliphatic rings. The molecule has 2 rings (SSSR count). The number of hydrogen-bond acceptors (Lipinski definition) is 0. The summed E-state index contributed by atoms with van der Waals surface area (Å²) < 4.78 is 0. The van der Waals surface area contributed by atoms with Crippen LogP contribution in [0.25, 0.3) is 0 Å². The van der Waals surface area contributed by atoms with Gasteiger partial charge in [0.25, 0.3) is 0 Å². The molecular formula is C11H12Co. The Hall–Kier alpha value is -0.534. The fourth-order valence-electron chi connectivity index (χ4n) is 1.68. The minimum Gasteiger partial charge on any atom is -0.0804 e. The van der Waals surface area contributed by atoms with Crippen molar-refractivity contribution in [1.82, 2.24) is 0 Å². The van der Waals surface area contributed by atoms with Gasteiger partial charge in [0, 0.05) is 22.7 Å². The molecule has 2 aliphatic carbocycles. The van der Waals surface area contributed by atoms with E-state index in [1.165, 1.54) is 11.1 Å². The van der Waals surface area contributed by atoms with Crippen molar-refractivity contribution in [3.63, 3.8) is 0 Å². The topological polar surface area (TPSA) is 0 Å². The van der Waals surface area contributed by atoms with E-state index in [1.807, 2.05) is 0 Å². The van der Waals surface area contributed by atoms with E-state index in [4.69, 9.17) is 0 Å². The Morgan fingerprint density at radius 3 is 2.58 bits per heavy atom. The van der Waals surface area contributed by atoms with Gasteiger partial charge in [-0.3, -0.25) is 0 Å². The maximum Gasteiger partial charge on any atom is 0.0196 e. The van der Waals surface area contributed by atoms with Crippen LogP contribution in [0, 0.1) is 5.92 Å². The molecule has 0 fully saturated rings. The second-order valence-corrected chi connectivity index (χ2v) is 3.15. The predicted molar refractivity (Wildman–Crippen MR) is 48.2 cm³/mol. The molecule has 12 heavy (non-hydrogen) atoms. The van der Waals surface area contributed by atoms with Crippen LogP contribution in [0.15, 0.2) is 47.6 Å². The van der Waals surface area contributed by atoms with Crippen LogP contribution in [0.1, 0.15) is 13.3 Å². The molecule has 0 spiro atoms. The minimum atomic E-state index is 0. The number of rotatable bonds is 1. The Morgan fingerprint density at radius 2 is 2.08 bits per heavy atom. The fraction of sp³-hybridized carbons (Fsp3) is 0.273. The molecule has 0 amide bonds. The molecule has 1 radical (unpaired) electrons. The van der Waals surface area contributed by atoms with Gasteiger partial charge in [-0.15, -0.1) is 0 Å². The van der Waals surface area contributed by atoms with Gasteiger partial charge >= 0.3 is 0 Å². The van der Waals surface area contributed by atoms with Crippen LogP contribution < -0.4 is 0 Å². The van der Waals surface area contributed by atoms with Gasteiger partial charge < -0.3 is 0 Å². The Labute approximate surface area is 83.9 Å². The quantitative estimate of drug-likeness (QED) is 0.614. The maximum atomic E-state index is 2.27. The van der Waals surface area contributed by atoms with Gasteiger partial charge in [0.05, 0.1) is 0 Å². The zero-order valence-corrected chi connectivity index (χ0v) is 8.12. The average molecular weight is 203 g/mol. The van der Waals surface area contributed by atoms with Crippen LogP contribution in [-0.4, -0.2) is 0 Å². The Balaban J connectivity index is 0.000000720. The molecule has 0 saturated carbocycles. The molecule has 0 N–H and O–H groups in total. The monoisotopic (exact) mass is 203 g/mol. The van der Waals surface area contributed by atoms with E-state index < -0.39 is 0 Å². The molecule has 65 valence electrons. The minimum absolute atomic E-state index is 0. The molecular weight excluding hydrogens is 191 g/mol. The van der Waals surface area contributed by atoms with Crippen molar-refractivity contribution >= 4 is 0 Å². The molecule has 0 aromatic rings. The van der Waals surface area contributed by atoms with Crippen molar-refractivity contribution in [2.75, 3.05) is 0 Å². The largest absolute Gasteiger partial charge is 0.0804 e. The molecule has 0 bridgehead atoms. The van der Waals surface area contributed by atoms with Gasteiger partial charge in [0.2, 0.25) is 0 Å². The van der Waals surface area contributed by atoms with Gasteiger partial charge in [0.15, 0.2) is 0 Å². The zero-order valence-electron chi connectivity index (χ0n) is 7.08. The first-order valence-corrected chi connectivity index (χ1v) is 4.08. The van der Waals surface area contributed by atoms with Gasteiger partial charge in [-0.05, 0) is 13.3 Å². The molecule has 0 aliphatic heterocycles. The van der Waals surface area contributed by atoms with E-state index in [-0.39, 0.29) is 16.8 Å². The third kappa shape index (κ3) is 1.62. The van der Waals surface area contributed by atoms with E-state index in [2.05, 4.69) is 43.4 Å². The summed E-state index contributed by atoms with van der Waals surface area (Å²) in [5, 5.41) is 0. The summed E-state index contributed by atoms with van der Waals surface area (Å²) in [6.45, 7) is 2.20. The third-order valence-corrected chi connectivity index (χ3v) is 2.35. The van der Waals surface area contributed by atoms with E-state index in [9.17, 15) is 0 Å². The zero-order chi connectivity index (χ0) is 7.68. The van der Waals surface area contributed by atoms with Crippen LogP contribution in [-0.2, 0) is 16.8 Å². The van der Waals surface area contributed by atoms with Crippen molar-refractivity contribution < 1.29 is 16.8 Å². The molecule has 1 unspecified atom stereocenters. The second kappa shape index (κ2) is 3.92. The van der Waals surface area contributed by atoms with Crippen molar-refractivity contribution in [2.45, 2.75) is 13.3 Å². The SMILES string of the molecule is CC1=CC=CC1C1=CC=CC1.[Co]. The van der Waals surface area contributed by atoms with E-state index >= 15 is 0 Å². The Kier molecular flexibility index (Phi) is 3.12. The van der Waals surface area contributed by atoms with E-state index in [0.717, 1.165) is 6.42 Å². The number of hydrogen-bond donors (Lipinski definition) is 0. The van der Waals surface area contributed by atoms with Crippen LogP contribution in [0.2, 0.25) is 0 Å². The van der Waals surface area contributed by atoms with Gasteiger partial charge in [0.1, 0.15) is 0 Å². The molecule has 1 heteroatoms. The predicted octanol–water partition coefficient (Wildman–Crippen LogP) is 3.00. The van der Waals surface area contributed by atoms with Crippen LogP contribution >= 0.6 is 0 Å². The normalized spacial score (nSPS) is 25.2. The van der Waals surface area contributed by atoms with E-state index in [1.54, 1.807) is 0 Å². The Bertz CT molecular complexity index is 279. The molecule has 0 saturated heterocycles. The van der Waals surface area contributed by atoms with E-state index in [0.29, 0.717) is 5.92 Å². The summed E-state index contributed by atoms with van der Waals surface area (Å²) in [4.78, 5) is 0. The first-order valence-electron chi connectivity index (χ1n) is 4.08. The van der Waals surface area contributed by atoms with Gasteiger partial charge in [-0.2, -0.15) is 0 Å². The molecule has 0 aromatic heterocycles. The third-order valence-electron chi connectivity index (χ3n) is 2.35. The summed E-state index contributed by atoms with van der Waals surface area (Å²) in [5.74, 6) is 0.602. The van der Waals surface area contributed by atoms with Crippen molar-refractivity contribution in [2.24, 2.45) is 5.92 Å². The van der Waals surface area contributed by atoms with Crippen molar-refractivity contribution in [3.05, 3.63) is 47.6 Å². The van der Waals surface area contributed by atoms with Gasteiger partial charge in [-0.25, -0.2) is 0 Å². The molecule has 0 aromatic carbocycles. The van der Waals surface area contributed by atoms with Crippen LogP contribution in [0.5, 0.6) is 0 Å². The van der Waals surface area contributed by atoms with Crippen LogP contribution in [0.3, 0.4) is 0 Å². The first-order chi connectivity index (χ1) is 5.38. The Morgan fingerprint density at radius 1 is 1.25 bits per heavy atom. The summed E-state index contributed by atoms with van der Waals surface area (Å²) in [7, 11) is 0. The average Bonchev–Trinajstić information content (AvgIpc) is 2.55. The molecule has 0 heterocycles. The molecule has 1 atom stereocenters. The second-order valence-electron chi connectivity index (χ2n) is 3.15. The van der Waals surface area contributed by atoms with Crippen LogP contribution in [0.4, 0.5) is 0 Å². The van der Waals surface area contributed by atoms with Gasteiger partial charge in [-0.1, -0.05) is 47.6 Å². The maximum absolute atomic E-state index is 2.27. The smallest absolute Gasteiger partial charge is 0.0196 e. The van der Waals surface area contributed by atoms with Crippen molar-refractivity contribution in [3.8, 4) is 0 Å². The summed E-state index contributed by atoms with van der Waals surface area (Å²) in [6, 6.07) is 0. The standard InChI is InChI=1S/C11H12.Co/c1-9-5-4-8-11(9)10-6-2-3-7-10;/h2-6,8,11H,7H2,1H3;. The molecule has 0 nitrogen and oxygen atoms in total. The fourth-order valence-corrected chi connectivity index (χ4v) is 1.68. The summed E-state index contributed by atoms with van der Waals surface area (Å²) in [5.41, 5.74) is 3.01. The van der Waals surface area contributed by atoms with Crippen molar-refractivity contribution in [1.29, 1.82) is 0 Å². The first kappa shape index (κ1) is 9.55. The summed E-state index contributed by atoms with van der Waals surface area (Å²) in [6.07, 6.45) is 14.4.